The number of fused-ring (bicyclic) bond motifs is 1. The smallest absolute Gasteiger partial charge is 0.336 e. The van der Waals surface area contributed by atoms with Gasteiger partial charge in [-0.3, -0.25) is 4.79 Å². The monoisotopic (exact) mass is 416 g/mol. The number of aromatic hydroxyl groups is 1. The first-order chi connectivity index (χ1) is 14.2. The molecule has 0 bridgehead atoms. The summed E-state index contributed by atoms with van der Waals surface area (Å²) in [7, 11) is 3.06. The summed E-state index contributed by atoms with van der Waals surface area (Å²) in [6.07, 6.45) is 2.76. The molecule has 0 fully saturated rings. The first-order valence-corrected chi connectivity index (χ1v) is 10.2. The van der Waals surface area contributed by atoms with Gasteiger partial charge in [0.2, 0.25) is 0 Å². The Hall–Kier alpha value is -2.60. The van der Waals surface area contributed by atoms with Gasteiger partial charge in [0.15, 0.2) is 11.4 Å². The normalized spacial score (nSPS) is 12.3. The van der Waals surface area contributed by atoms with E-state index in [1.807, 2.05) is 40.7 Å². The highest BCUT2D eigenvalue weighted by Gasteiger charge is 2.29. The van der Waals surface area contributed by atoms with E-state index >= 15 is 0 Å². The molecule has 0 amide bonds. The molecule has 0 spiro atoms. The number of hydrogen-bond acceptors (Lipinski definition) is 6. The zero-order valence-corrected chi connectivity index (χ0v) is 18.9. The van der Waals surface area contributed by atoms with Crippen LogP contribution in [0.1, 0.15) is 75.0 Å². The minimum Gasteiger partial charge on any atom is -0.507 e. The number of ether oxygens (including phenoxy) is 2. The maximum atomic E-state index is 13.1. The van der Waals surface area contributed by atoms with Crippen molar-refractivity contribution in [2.24, 2.45) is 5.92 Å². The van der Waals surface area contributed by atoms with Gasteiger partial charge in [0, 0.05) is 30.7 Å². The Labute approximate surface area is 177 Å². The van der Waals surface area contributed by atoms with Crippen LogP contribution in [0.25, 0.3) is 11.0 Å². The number of ketones is 1. The summed E-state index contributed by atoms with van der Waals surface area (Å²) in [4.78, 5) is 25.5. The van der Waals surface area contributed by atoms with Crippen LogP contribution in [0.15, 0.2) is 26.9 Å². The summed E-state index contributed by atoms with van der Waals surface area (Å²) in [6.45, 7) is 9.70. The number of carbonyl (C=O) groups is 1. The van der Waals surface area contributed by atoms with Crippen LogP contribution in [0.5, 0.6) is 11.5 Å². The largest absolute Gasteiger partial charge is 0.507 e. The van der Waals surface area contributed by atoms with Crippen LogP contribution >= 0.6 is 0 Å². The number of methoxy groups -OCH3 is 2. The molecule has 6 nitrogen and oxygen atoms in total. The minimum absolute atomic E-state index is 0.0292. The lowest BCUT2D eigenvalue weighted by atomic mass is 9.91. The summed E-state index contributed by atoms with van der Waals surface area (Å²) in [6, 6.07) is 1.38. The molecule has 6 heteroatoms. The molecule has 0 aliphatic rings. The Morgan fingerprint density at radius 2 is 1.93 bits per heavy atom. The molecule has 2 rings (SSSR count). The Kier molecular flexibility index (Phi) is 7.84. The van der Waals surface area contributed by atoms with Gasteiger partial charge in [0.25, 0.3) is 0 Å². The van der Waals surface area contributed by atoms with Crippen molar-refractivity contribution in [2.75, 3.05) is 14.2 Å². The predicted octanol–water partition coefficient (Wildman–Crippen LogP) is 5.34. The summed E-state index contributed by atoms with van der Waals surface area (Å²) < 4.78 is 16.8. The highest BCUT2D eigenvalue weighted by atomic mass is 16.5. The van der Waals surface area contributed by atoms with E-state index in [1.54, 1.807) is 7.11 Å². The molecule has 1 atom stereocenters. The van der Waals surface area contributed by atoms with Gasteiger partial charge in [0.05, 0.1) is 18.6 Å². The first-order valence-electron chi connectivity index (χ1n) is 10.2. The zero-order chi connectivity index (χ0) is 22.6. The van der Waals surface area contributed by atoms with Crippen LogP contribution in [0.4, 0.5) is 0 Å². The molecule has 2 aromatic rings. The van der Waals surface area contributed by atoms with Crippen molar-refractivity contribution in [1.82, 2.24) is 0 Å². The second kappa shape index (κ2) is 9.94. The molecule has 0 saturated carbocycles. The van der Waals surface area contributed by atoms with Crippen LogP contribution < -0.4 is 10.4 Å². The Balaban J connectivity index is 3.06. The zero-order valence-electron chi connectivity index (χ0n) is 18.9. The minimum atomic E-state index is -0.606. The topological polar surface area (TPSA) is 86.0 Å². The van der Waals surface area contributed by atoms with Gasteiger partial charge in [-0.15, -0.1) is 0 Å². The quantitative estimate of drug-likeness (QED) is 0.337. The molecule has 30 heavy (non-hydrogen) atoms. The number of benzene rings is 1. The number of allylic oxidation sites excluding steroid dienone is 2. The van der Waals surface area contributed by atoms with Crippen molar-refractivity contribution in [1.29, 1.82) is 0 Å². The van der Waals surface area contributed by atoms with Gasteiger partial charge >= 0.3 is 5.63 Å². The molecule has 1 N–H and O–H groups in total. The van der Waals surface area contributed by atoms with Crippen LogP contribution in [-0.2, 0) is 11.2 Å². The van der Waals surface area contributed by atoms with E-state index in [0.717, 1.165) is 5.57 Å². The maximum absolute atomic E-state index is 13.1. The van der Waals surface area contributed by atoms with Crippen molar-refractivity contribution in [3.63, 3.8) is 0 Å². The molecule has 1 aromatic heterocycles. The van der Waals surface area contributed by atoms with Gasteiger partial charge in [-0.1, -0.05) is 32.4 Å². The lowest BCUT2D eigenvalue weighted by Crippen LogP contribution is -2.13. The number of Topliss-reactive ketones (excluding diaryl/α,β-unsaturated/α-hetero) is 1. The number of carbonyl (C=O) groups excluding carboxylic acids is 1. The summed E-state index contributed by atoms with van der Waals surface area (Å²) >= 11 is 0. The number of hydrogen-bond donors (Lipinski definition) is 1. The van der Waals surface area contributed by atoms with Crippen LogP contribution in [0.3, 0.4) is 0 Å². The van der Waals surface area contributed by atoms with Crippen molar-refractivity contribution in [3.8, 4) is 11.5 Å². The van der Waals surface area contributed by atoms with E-state index in [2.05, 4.69) is 0 Å². The van der Waals surface area contributed by atoms with E-state index in [9.17, 15) is 14.7 Å². The molecule has 0 saturated heterocycles. The van der Waals surface area contributed by atoms with Gasteiger partial charge in [0.1, 0.15) is 17.1 Å². The molecule has 1 aromatic carbocycles. The third-order valence-corrected chi connectivity index (χ3v) is 5.04. The standard InChI is InChI=1S/C24H32O6/c1-8-18(28-6)16-12-19(26)30-24-20(16)23(29-7)15(10-9-13(2)3)22(27)21(24)17(25)11-14(4)5/h9,12,14,18,27H,8,10-11H2,1-7H3. The van der Waals surface area contributed by atoms with Crippen LogP contribution in [0, 0.1) is 5.92 Å². The van der Waals surface area contributed by atoms with Crippen molar-refractivity contribution in [3.05, 3.63) is 44.8 Å². The molecule has 1 heterocycles. The SMILES string of the molecule is CCC(OC)c1cc(=O)oc2c(C(=O)CC(C)C)c(O)c(CC=C(C)C)c(OC)c12. The average Bonchev–Trinajstić information content (AvgIpc) is 2.65. The molecular formula is C24H32O6. The number of phenols is 1. The van der Waals surface area contributed by atoms with Crippen LogP contribution in [-0.4, -0.2) is 25.1 Å². The predicted molar refractivity (Wildman–Crippen MR) is 118 cm³/mol. The molecule has 164 valence electrons. The van der Waals surface area contributed by atoms with Gasteiger partial charge < -0.3 is 19.0 Å². The molecule has 1 unspecified atom stereocenters. The van der Waals surface area contributed by atoms with Gasteiger partial charge in [-0.05, 0) is 32.6 Å². The average molecular weight is 417 g/mol. The van der Waals surface area contributed by atoms with Gasteiger partial charge in [-0.2, -0.15) is 0 Å². The van der Waals surface area contributed by atoms with Crippen molar-refractivity contribution in [2.45, 2.75) is 60.0 Å². The van der Waals surface area contributed by atoms with Gasteiger partial charge in [-0.25, -0.2) is 4.79 Å². The first kappa shape index (κ1) is 23.7. The fourth-order valence-electron chi connectivity index (χ4n) is 3.66. The lowest BCUT2D eigenvalue weighted by molar-refractivity contribution is 0.0964. The van der Waals surface area contributed by atoms with Crippen molar-refractivity contribution < 1.29 is 23.8 Å². The Bertz CT molecular complexity index is 1000. The van der Waals surface area contributed by atoms with Crippen molar-refractivity contribution >= 4 is 16.8 Å². The van der Waals surface area contributed by atoms with E-state index in [4.69, 9.17) is 13.9 Å². The molecule has 0 radical (unpaired) electrons. The lowest BCUT2D eigenvalue weighted by Gasteiger charge is -2.21. The number of rotatable bonds is 9. The third-order valence-electron chi connectivity index (χ3n) is 5.04. The Morgan fingerprint density at radius 1 is 1.27 bits per heavy atom. The maximum Gasteiger partial charge on any atom is 0.336 e. The fraction of sp³-hybridized carbons (Fsp3) is 0.500. The molecule has 0 aliphatic carbocycles. The van der Waals surface area contributed by atoms with E-state index in [1.165, 1.54) is 13.2 Å². The highest BCUT2D eigenvalue weighted by molar-refractivity contribution is 6.11. The van der Waals surface area contributed by atoms with E-state index in [-0.39, 0.29) is 41.1 Å². The second-order valence-electron chi connectivity index (χ2n) is 8.10. The summed E-state index contributed by atoms with van der Waals surface area (Å²) in [5.74, 6) is -0.0180. The summed E-state index contributed by atoms with van der Waals surface area (Å²) in [5, 5.41) is 11.6. The van der Waals surface area contributed by atoms with E-state index < -0.39 is 5.63 Å². The summed E-state index contributed by atoms with van der Waals surface area (Å²) in [5.41, 5.74) is 1.61. The second-order valence-corrected chi connectivity index (χ2v) is 8.10. The fourth-order valence-corrected chi connectivity index (χ4v) is 3.66. The Morgan fingerprint density at radius 3 is 2.43 bits per heavy atom. The number of phenolic OH excluding ortho intramolecular Hbond substituents is 1. The van der Waals surface area contributed by atoms with Crippen LogP contribution in [0.2, 0.25) is 0 Å². The third kappa shape index (κ3) is 4.75. The highest BCUT2D eigenvalue weighted by Crippen LogP contribution is 2.44. The van der Waals surface area contributed by atoms with E-state index in [0.29, 0.717) is 35.1 Å². The molecule has 0 aliphatic heterocycles. The molecular weight excluding hydrogens is 384 g/mol.